The molecule has 0 amide bonds. The third-order valence-electron chi connectivity index (χ3n) is 5.37. The van der Waals surface area contributed by atoms with Crippen molar-refractivity contribution in [2.24, 2.45) is 17.8 Å². The molecule has 0 aromatic carbocycles. The van der Waals surface area contributed by atoms with Crippen LogP contribution in [0.2, 0.25) is 0 Å². The molecule has 86 valence electrons. The number of fused-ring (bicyclic) bond motifs is 2. The van der Waals surface area contributed by atoms with Crippen molar-refractivity contribution in [3.8, 4) is 0 Å². The summed E-state index contributed by atoms with van der Waals surface area (Å²) in [6.45, 7) is 5.75. The van der Waals surface area contributed by atoms with E-state index < -0.39 is 0 Å². The lowest BCUT2D eigenvalue weighted by Gasteiger charge is -2.60. The molecule has 2 heteroatoms. The lowest BCUT2D eigenvalue weighted by atomic mass is 9.60. The number of rotatable bonds is 0. The molecule has 1 spiro atoms. The summed E-state index contributed by atoms with van der Waals surface area (Å²) in [5, 5.41) is 0. The van der Waals surface area contributed by atoms with E-state index in [1.807, 2.05) is 0 Å². The van der Waals surface area contributed by atoms with Crippen molar-refractivity contribution >= 4 is 0 Å². The van der Waals surface area contributed by atoms with Crippen LogP contribution < -0.4 is 0 Å². The van der Waals surface area contributed by atoms with Crippen LogP contribution in [-0.4, -0.2) is 37.2 Å². The molecule has 15 heavy (non-hydrogen) atoms. The fourth-order valence-electron chi connectivity index (χ4n) is 4.23. The third-order valence-corrected chi connectivity index (χ3v) is 5.37. The van der Waals surface area contributed by atoms with Gasteiger partial charge in [0.2, 0.25) is 0 Å². The van der Waals surface area contributed by atoms with Crippen LogP contribution in [0.3, 0.4) is 0 Å². The Bertz CT molecular complexity index is 249. The predicted molar refractivity (Wildman–Crippen MR) is 60.8 cm³/mol. The van der Waals surface area contributed by atoms with Gasteiger partial charge in [-0.05, 0) is 44.2 Å². The molecular weight excluding hydrogens is 186 g/mol. The number of hydrogen-bond acceptors (Lipinski definition) is 2. The molecule has 3 fully saturated rings. The second kappa shape index (κ2) is 3.46. The highest BCUT2D eigenvalue weighted by atomic mass is 16.5. The monoisotopic (exact) mass is 209 g/mol. The van der Waals surface area contributed by atoms with Gasteiger partial charge in [0.1, 0.15) is 0 Å². The van der Waals surface area contributed by atoms with E-state index in [4.69, 9.17) is 4.74 Å². The van der Waals surface area contributed by atoms with Gasteiger partial charge < -0.3 is 4.74 Å². The van der Waals surface area contributed by atoms with Gasteiger partial charge in [0.25, 0.3) is 0 Å². The van der Waals surface area contributed by atoms with Crippen molar-refractivity contribution in [2.75, 3.05) is 26.8 Å². The first kappa shape index (κ1) is 10.1. The molecule has 3 unspecified atom stereocenters. The average Bonchev–Trinajstić information content (AvgIpc) is 2.15. The number of likely N-dealkylation sites (tertiary alicyclic amines) is 1. The van der Waals surface area contributed by atoms with Crippen molar-refractivity contribution in [1.29, 1.82) is 0 Å². The second-order valence-electron chi connectivity index (χ2n) is 5.99. The number of hydrogen-bond donors (Lipinski definition) is 0. The molecule has 3 aliphatic rings. The molecule has 2 saturated heterocycles. The van der Waals surface area contributed by atoms with E-state index in [1.54, 1.807) is 0 Å². The van der Waals surface area contributed by atoms with Gasteiger partial charge in [-0.25, -0.2) is 0 Å². The number of likely N-dealkylation sites (N-methyl/N-ethyl adjacent to an activating group) is 1. The fraction of sp³-hybridized carbons (Fsp3) is 1.00. The van der Waals surface area contributed by atoms with E-state index >= 15 is 0 Å². The lowest BCUT2D eigenvalue weighted by Crippen LogP contribution is -2.70. The van der Waals surface area contributed by atoms with Crippen molar-refractivity contribution < 1.29 is 4.74 Å². The van der Waals surface area contributed by atoms with E-state index in [9.17, 15) is 0 Å². The SMILES string of the molecule is CC1CCCC2C1CCN(C)C21COC1. The van der Waals surface area contributed by atoms with E-state index in [0.717, 1.165) is 31.0 Å². The van der Waals surface area contributed by atoms with Crippen LogP contribution >= 0.6 is 0 Å². The summed E-state index contributed by atoms with van der Waals surface area (Å²) in [5.74, 6) is 2.86. The summed E-state index contributed by atoms with van der Waals surface area (Å²) in [6, 6.07) is 0. The van der Waals surface area contributed by atoms with Crippen LogP contribution in [0.5, 0.6) is 0 Å². The van der Waals surface area contributed by atoms with E-state index in [1.165, 1.54) is 32.2 Å². The zero-order valence-corrected chi connectivity index (χ0v) is 10.0. The fourth-order valence-corrected chi connectivity index (χ4v) is 4.23. The standard InChI is InChI=1S/C13H23NO/c1-10-4-3-5-12-11(10)6-7-14(2)13(12)8-15-9-13/h10-12H,3-9H2,1-2H3. The van der Waals surface area contributed by atoms with Gasteiger partial charge in [0.15, 0.2) is 0 Å². The minimum Gasteiger partial charge on any atom is -0.377 e. The van der Waals surface area contributed by atoms with Gasteiger partial charge in [-0.2, -0.15) is 0 Å². The van der Waals surface area contributed by atoms with Gasteiger partial charge in [0, 0.05) is 0 Å². The maximum absolute atomic E-state index is 5.53. The molecule has 2 aliphatic heterocycles. The molecule has 2 heterocycles. The third kappa shape index (κ3) is 1.31. The average molecular weight is 209 g/mol. The quantitative estimate of drug-likeness (QED) is 0.606. The molecule has 0 radical (unpaired) electrons. The first-order valence-electron chi connectivity index (χ1n) is 6.53. The minimum atomic E-state index is 0.442. The highest BCUT2D eigenvalue weighted by molar-refractivity contribution is 5.07. The summed E-state index contributed by atoms with van der Waals surface area (Å²) in [4.78, 5) is 2.59. The van der Waals surface area contributed by atoms with Gasteiger partial charge >= 0.3 is 0 Å². The molecule has 1 saturated carbocycles. The Morgan fingerprint density at radius 3 is 2.67 bits per heavy atom. The van der Waals surface area contributed by atoms with E-state index in [0.29, 0.717) is 5.54 Å². The summed E-state index contributed by atoms with van der Waals surface area (Å²) < 4.78 is 5.53. The second-order valence-corrected chi connectivity index (χ2v) is 5.99. The summed E-state index contributed by atoms with van der Waals surface area (Å²) in [7, 11) is 2.30. The Kier molecular flexibility index (Phi) is 2.33. The Morgan fingerprint density at radius 1 is 1.20 bits per heavy atom. The van der Waals surface area contributed by atoms with Crippen LogP contribution in [0.25, 0.3) is 0 Å². The highest BCUT2D eigenvalue weighted by Crippen LogP contribution is 2.50. The van der Waals surface area contributed by atoms with Crippen LogP contribution in [0.15, 0.2) is 0 Å². The number of nitrogens with zero attached hydrogens (tertiary/aromatic N) is 1. The van der Waals surface area contributed by atoms with E-state index in [-0.39, 0.29) is 0 Å². The zero-order valence-electron chi connectivity index (χ0n) is 10.0. The maximum Gasteiger partial charge on any atom is 0.0707 e. The first-order chi connectivity index (χ1) is 7.24. The largest absolute Gasteiger partial charge is 0.377 e. The molecule has 3 rings (SSSR count). The Balaban J connectivity index is 1.86. The van der Waals surface area contributed by atoms with Crippen LogP contribution in [0, 0.1) is 17.8 Å². The van der Waals surface area contributed by atoms with Gasteiger partial charge in [-0.15, -0.1) is 0 Å². The van der Waals surface area contributed by atoms with Crippen LogP contribution in [0.4, 0.5) is 0 Å². The van der Waals surface area contributed by atoms with Crippen molar-refractivity contribution in [1.82, 2.24) is 4.90 Å². The van der Waals surface area contributed by atoms with Gasteiger partial charge in [-0.1, -0.05) is 19.8 Å². The van der Waals surface area contributed by atoms with E-state index in [2.05, 4.69) is 18.9 Å². The highest BCUT2D eigenvalue weighted by Gasteiger charge is 2.55. The summed E-state index contributed by atoms with van der Waals surface area (Å²) >= 11 is 0. The summed E-state index contributed by atoms with van der Waals surface area (Å²) in [5.41, 5.74) is 0.442. The maximum atomic E-state index is 5.53. The number of piperidine rings is 1. The molecule has 0 bridgehead atoms. The molecule has 0 aromatic heterocycles. The molecular formula is C13H23NO. The molecule has 0 N–H and O–H groups in total. The molecule has 0 aromatic rings. The number of ether oxygens (including phenoxy) is 1. The zero-order chi connectivity index (χ0) is 10.5. The van der Waals surface area contributed by atoms with Crippen LogP contribution in [-0.2, 0) is 4.74 Å². The normalized spacial score (nSPS) is 44.8. The molecule has 2 nitrogen and oxygen atoms in total. The van der Waals surface area contributed by atoms with Crippen LogP contribution in [0.1, 0.15) is 32.6 Å². The molecule has 3 atom stereocenters. The smallest absolute Gasteiger partial charge is 0.0707 e. The lowest BCUT2D eigenvalue weighted by molar-refractivity contribution is -0.201. The predicted octanol–water partition coefficient (Wildman–Crippen LogP) is 2.14. The van der Waals surface area contributed by atoms with Crippen molar-refractivity contribution in [3.63, 3.8) is 0 Å². The Morgan fingerprint density at radius 2 is 2.00 bits per heavy atom. The minimum absolute atomic E-state index is 0.442. The summed E-state index contributed by atoms with van der Waals surface area (Å²) in [6.07, 6.45) is 5.77. The molecule has 1 aliphatic carbocycles. The van der Waals surface area contributed by atoms with Gasteiger partial charge in [0.05, 0.1) is 18.8 Å². The first-order valence-corrected chi connectivity index (χ1v) is 6.53. The Labute approximate surface area is 93.0 Å². The van der Waals surface area contributed by atoms with Gasteiger partial charge in [-0.3, -0.25) is 4.90 Å². The van der Waals surface area contributed by atoms with Crippen molar-refractivity contribution in [3.05, 3.63) is 0 Å². The van der Waals surface area contributed by atoms with Crippen molar-refractivity contribution in [2.45, 2.75) is 38.1 Å². The topological polar surface area (TPSA) is 12.5 Å². The Hall–Kier alpha value is -0.0800.